The van der Waals surface area contributed by atoms with Gasteiger partial charge in [0.05, 0.1) is 19.1 Å². The Hall–Kier alpha value is -0.910. The van der Waals surface area contributed by atoms with Crippen molar-refractivity contribution in [1.82, 2.24) is 9.62 Å². The van der Waals surface area contributed by atoms with Crippen LogP contribution < -0.4 is 14.8 Å². The molecule has 1 aliphatic rings. The van der Waals surface area contributed by atoms with E-state index < -0.39 is 0 Å². The largest absolute Gasteiger partial charge is 0.497 e. The number of hydrogen-bond acceptors (Lipinski definition) is 5. The molecule has 1 saturated heterocycles. The molecular formula is C12H18N2O2S. The molecule has 1 aliphatic heterocycles. The first-order valence-electron chi connectivity index (χ1n) is 5.69. The average Bonchev–Trinajstić information content (AvgIpc) is 2.40. The zero-order valence-electron chi connectivity index (χ0n) is 10.2. The molecule has 2 rings (SSSR count). The summed E-state index contributed by atoms with van der Waals surface area (Å²) in [6, 6.07) is 5.93. The Morgan fingerprint density at radius 1 is 1.18 bits per heavy atom. The molecule has 0 radical (unpaired) electrons. The number of benzene rings is 1. The van der Waals surface area contributed by atoms with Crippen molar-refractivity contribution in [3.05, 3.63) is 18.2 Å². The average molecular weight is 254 g/mol. The van der Waals surface area contributed by atoms with Crippen LogP contribution >= 0.6 is 11.9 Å². The summed E-state index contributed by atoms with van der Waals surface area (Å²) in [6.07, 6.45) is 0. The number of nitrogens with zero attached hydrogens (tertiary/aromatic N) is 1. The van der Waals surface area contributed by atoms with Crippen LogP contribution in [-0.4, -0.2) is 44.7 Å². The summed E-state index contributed by atoms with van der Waals surface area (Å²) in [7, 11) is 3.36. The van der Waals surface area contributed by atoms with Gasteiger partial charge >= 0.3 is 0 Å². The van der Waals surface area contributed by atoms with Gasteiger partial charge in [-0.3, -0.25) is 0 Å². The van der Waals surface area contributed by atoms with Crippen LogP contribution in [0.4, 0.5) is 0 Å². The molecule has 0 spiro atoms. The number of nitrogens with one attached hydrogen (secondary N) is 1. The van der Waals surface area contributed by atoms with Crippen LogP contribution in [0.5, 0.6) is 11.5 Å². The lowest BCUT2D eigenvalue weighted by molar-refractivity contribution is 0.381. The van der Waals surface area contributed by atoms with Gasteiger partial charge in [0.15, 0.2) is 0 Å². The lowest BCUT2D eigenvalue weighted by atomic mass is 10.3. The minimum atomic E-state index is 0.825. The van der Waals surface area contributed by atoms with Crippen molar-refractivity contribution >= 4 is 11.9 Å². The summed E-state index contributed by atoms with van der Waals surface area (Å²) < 4.78 is 12.9. The van der Waals surface area contributed by atoms with Gasteiger partial charge in [0, 0.05) is 32.2 Å². The first kappa shape index (κ1) is 12.5. The monoisotopic (exact) mass is 254 g/mol. The third-order valence-electron chi connectivity index (χ3n) is 2.67. The van der Waals surface area contributed by atoms with Crippen LogP contribution in [0.2, 0.25) is 0 Å². The molecule has 0 bridgehead atoms. The van der Waals surface area contributed by atoms with Gasteiger partial charge in [-0.25, -0.2) is 4.31 Å². The smallest absolute Gasteiger partial charge is 0.137 e. The highest BCUT2D eigenvalue weighted by Gasteiger charge is 2.14. The summed E-state index contributed by atoms with van der Waals surface area (Å²) in [5, 5.41) is 3.34. The first-order chi connectivity index (χ1) is 8.33. The maximum absolute atomic E-state index is 5.39. The molecule has 1 fully saturated rings. The normalized spacial score (nSPS) is 16.8. The van der Waals surface area contributed by atoms with Crippen molar-refractivity contribution in [3.8, 4) is 11.5 Å². The van der Waals surface area contributed by atoms with Crippen molar-refractivity contribution in [1.29, 1.82) is 0 Å². The Morgan fingerprint density at radius 2 is 1.94 bits per heavy atom. The second-order valence-corrected chi connectivity index (χ2v) is 4.93. The Morgan fingerprint density at radius 3 is 2.59 bits per heavy atom. The summed E-state index contributed by atoms with van der Waals surface area (Å²) in [6.45, 7) is 4.21. The van der Waals surface area contributed by atoms with E-state index in [4.69, 9.17) is 9.47 Å². The number of ether oxygens (including phenoxy) is 2. The zero-order chi connectivity index (χ0) is 12.1. The fourth-order valence-electron chi connectivity index (χ4n) is 1.72. The molecule has 1 aromatic rings. The number of hydrogen-bond donors (Lipinski definition) is 1. The SMILES string of the molecule is COc1ccc(SN2CCNCC2)c(OC)c1. The van der Waals surface area contributed by atoms with Gasteiger partial charge in [-0.15, -0.1) is 0 Å². The van der Waals surface area contributed by atoms with Crippen LogP contribution in [-0.2, 0) is 0 Å². The van der Waals surface area contributed by atoms with Crippen molar-refractivity contribution in [2.75, 3.05) is 40.4 Å². The number of methoxy groups -OCH3 is 2. The molecule has 17 heavy (non-hydrogen) atoms. The van der Waals surface area contributed by atoms with E-state index in [2.05, 4.69) is 9.62 Å². The lowest BCUT2D eigenvalue weighted by Crippen LogP contribution is -2.39. The molecule has 0 aromatic heterocycles. The second-order valence-electron chi connectivity index (χ2n) is 3.79. The van der Waals surface area contributed by atoms with E-state index in [1.165, 1.54) is 0 Å². The van der Waals surface area contributed by atoms with Crippen molar-refractivity contribution in [2.45, 2.75) is 4.90 Å². The number of rotatable bonds is 4. The third kappa shape index (κ3) is 3.28. The quantitative estimate of drug-likeness (QED) is 0.826. The van der Waals surface area contributed by atoms with Gasteiger partial charge in [0.2, 0.25) is 0 Å². The van der Waals surface area contributed by atoms with Crippen LogP contribution in [0.1, 0.15) is 0 Å². The van der Waals surface area contributed by atoms with Crippen LogP contribution in [0, 0.1) is 0 Å². The highest BCUT2D eigenvalue weighted by atomic mass is 32.2. The third-order valence-corrected chi connectivity index (χ3v) is 3.83. The Bertz CT molecular complexity index is 368. The van der Waals surface area contributed by atoms with Gasteiger partial charge < -0.3 is 14.8 Å². The van der Waals surface area contributed by atoms with Crippen LogP contribution in [0.25, 0.3) is 0 Å². The van der Waals surface area contributed by atoms with E-state index in [0.29, 0.717) is 0 Å². The van der Waals surface area contributed by atoms with Gasteiger partial charge in [0.1, 0.15) is 11.5 Å². The summed E-state index contributed by atoms with van der Waals surface area (Å²) >= 11 is 1.75. The Labute approximate surface area is 106 Å². The summed E-state index contributed by atoms with van der Waals surface area (Å²) in [5.74, 6) is 1.69. The standard InChI is InChI=1S/C12H18N2O2S/c1-15-10-3-4-12(11(9-10)16-2)17-14-7-5-13-6-8-14/h3-4,9,13H,5-8H2,1-2H3. The topological polar surface area (TPSA) is 33.7 Å². The van der Waals surface area contributed by atoms with Gasteiger partial charge in [-0.2, -0.15) is 0 Å². The molecule has 0 aliphatic carbocycles. The van der Waals surface area contributed by atoms with Gasteiger partial charge in [-0.05, 0) is 24.1 Å². The van der Waals surface area contributed by atoms with E-state index in [-0.39, 0.29) is 0 Å². The van der Waals surface area contributed by atoms with Crippen molar-refractivity contribution in [2.24, 2.45) is 0 Å². The fraction of sp³-hybridized carbons (Fsp3) is 0.500. The maximum atomic E-state index is 5.39. The first-order valence-corrected chi connectivity index (χ1v) is 6.46. The molecule has 1 aromatic carbocycles. The van der Waals surface area contributed by atoms with E-state index in [1.807, 2.05) is 18.2 Å². The van der Waals surface area contributed by atoms with Gasteiger partial charge in [-0.1, -0.05) is 0 Å². The molecular weight excluding hydrogens is 236 g/mol. The molecule has 0 unspecified atom stereocenters. The van der Waals surface area contributed by atoms with E-state index in [9.17, 15) is 0 Å². The predicted octanol–water partition coefficient (Wildman–Crippen LogP) is 1.62. The molecule has 0 atom stereocenters. The lowest BCUT2D eigenvalue weighted by Gasteiger charge is -2.26. The zero-order valence-corrected chi connectivity index (χ0v) is 11.0. The highest BCUT2D eigenvalue weighted by molar-refractivity contribution is 7.97. The fourth-order valence-corrected chi connectivity index (χ4v) is 2.73. The summed E-state index contributed by atoms with van der Waals surface area (Å²) in [5.41, 5.74) is 0. The summed E-state index contributed by atoms with van der Waals surface area (Å²) in [4.78, 5) is 1.13. The maximum Gasteiger partial charge on any atom is 0.137 e. The minimum absolute atomic E-state index is 0.825. The Balaban J connectivity index is 2.08. The van der Waals surface area contributed by atoms with E-state index >= 15 is 0 Å². The minimum Gasteiger partial charge on any atom is -0.497 e. The predicted molar refractivity (Wildman–Crippen MR) is 69.8 cm³/mol. The molecule has 1 heterocycles. The number of piperazine rings is 1. The van der Waals surface area contributed by atoms with Crippen LogP contribution in [0.3, 0.4) is 0 Å². The van der Waals surface area contributed by atoms with Crippen molar-refractivity contribution in [3.63, 3.8) is 0 Å². The molecule has 5 heteroatoms. The second kappa shape index (κ2) is 6.14. The molecule has 4 nitrogen and oxygen atoms in total. The molecule has 1 N–H and O–H groups in total. The molecule has 94 valence electrons. The molecule has 0 saturated carbocycles. The van der Waals surface area contributed by atoms with E-state index in [0.717, 1.165) is 42.6 Å². The molecule has 0 amide bonds. The van der Waals surface area contributed by atoms with Gasteiger partial charge in [0.25, 0.3) is 0 Å². The van der Waals surface area contributed by atoms with Crippen LogP contribution in [0.15, 0.2) is 23.1 Å². The Kier molecular flexibility index (Phi) is 4.53. The highest BCUT2D eigenvalue weighted by Crippen LogP contribution is 2.34. The van der Waals surface area contributed by atoms with E-state index in [1.54, 1.807) is 26.2 Å². The van der Waals surface area contributed by atoms with Crippen molar-refractivity contribution < 1.29 is 9.47 Å².